The lowest BCUT2D eigenvalue weighted by molar-refractivity contribution is -0.133. The molecule has 1 aromatic carbocycles. The minimum Gasteiger partial charge on any atom is -0.386 e. The summed E-state index contributed by atoms with van der Waals surface area (Å²) < 4.78 is 9.24. The molecule has 0 saturated carbocycles. The van der Waals surface area contributed by atoms with E-state index in [1.54, 1.807) is 38.2 Å². The molecule has 26 heavy (non-hydrogen) atoms. The highest BCUT2D eigenvalue weighted by Crippen LogP contribution is 2.08. The van der Waals surface area contributed by atoms with Crippen molar-refractivity contribution in [2.75, 3.05) is 0 Å². The minimum atomic E-state index is -0.856. The van der Waals surface area contributed by atoms with Crippen LogP contribution in [0.2, 0.25) is 0 Å². The van der Waals surface area contributed by atoms with Gasteiger partial charge in [0.1, 0.15) is 0 Å². The summed E-state index contributed by atoms with van der Waals surface area (Å²) in [5.41, 5.74) is 0.155. The first kappa shape index (κ1) is 20.5. The number of carbonyl (C=O) groups excluding carboxylic acids is 4. The third-order valence-corrected chi connectivity index (χ3v) is 2.81. The Balaban J connectivity index is 2.67. The second-order valence-corrected chi connectivity index (χ2v) is 4.76. The van der Waals surface area contributed by atoms with Crippen molar-refractivity contribution >= 4 is 23.9 Å². The van der Waals surface area contributed by atoms with Gasteiger partial charge in [0.15, 0.2) is 0 Å². The topological polar surface area (TPSA) is 86.7 Å². The zero-order valence-corrected chi connectivity index (χ0v) is 14.4. The second kappa shape index (κ2) is 11.1. The van der Waals surface area contributed by atoms with Crippen molar-refractivity contribution in [2.45, 2.75) is 13.8 Å². The Kier molecular flexibility index (Phi) is 8.75. The van der Waals surface area contributed by atoms with Crippen molar-refractivity contribution in [1.82, 2.24) is 0 Å². The van der Waals surface area contributed by atoms with Gasteiger partial charge in [0.05, 0.1) is 11.1 Å². The molecular formula is C20H18O6. The van der Waals surface area contributed by atoms with Crippen molar-refractivity contribution < 1.29 is 28.7 Å². The van der Waals surface area contributed by atoms with Gasteiger partial charge < -0.3 is 9.47 Å². The number of carbonyl (C=O) groups is 4. The van der Waals surface area contributed by atoms with Crippen molar-refractivity contribution in [3.63, 3.8) is 0 Å². The molecule has 0 N–H and O–H groups in total. The largest absolute Gasteiger partial charge is 0.386 e. The van der Waals surface area contributed by atoms with E-state index >= 15 is 0 Å². The van der Waals surface area contributed by atoms with Crippen LogP contribution in [-0.4, -0.2) is 23.9 Å². The van der Waals surface area contributed by atoms with Gasteiger partial charge in [-0.05, 0) is 38.1 Å². The fourth-order valence-electron chi connectivity index (χ4n) is 1.60. The van der Waals surface area contributed by atoms with E-state index in [0.717, 1.165) is 12.2 Å². The molecule has 0 heterocycles. The highest BCUT2D eigenvalue weighted by molar-refractivity contribution is 6.02. The zero-order chi connectivity index (χ0) is 19.4. The Labute approximate surface area is 151 Å². The lowest BCUT2D eigenvalue weighted by atomic mass is 10.1. The number of hydrogen-bond donors (Lipinski definition) is 0. The molecular weight excluding hydrogens is 336 g/mol. The highest BCUT2D eigenvalue weighted by Gasteiger charge is 2.14. The summed E-state index contributed by atoms with van der Waals surface area (Å²) in [6.45, 7) is 3.55. The summed E-state index contributed by atoms with van der Waals surface area (Å²) in [4.78, 5) is 46.5. The van der Waals surface area contributed by atoms with E-state index in [0.29, 0.717) is 0 Å². The average Bonchev–Trinajstić information content (AvgIpc) is 2.62. The summed E-state index contributed by atoms with van der Waals surface area (Å²) in [6, 6.07) is 5.17. The quantitative estimate of drug-likeness (QED) is 0.337. The van der Waals surface area contributed by atoms with E-state index in [-0.39, 0.29) is 11.1 Å². The summed E-state index contributed by atoms with van der Waals surface area (Å²) >= 11 is 0. The molecule has 6 nitrogen and oxygen atoms in total. The highest BCUT2D eigenvalue weighted by atomic mass is 16.6. The van der Waals surface area contributed by atoms with Crippen molar-refractivity contribution in [3.8, 4) is 0 Å². The van der Waals surface area contributed by atoms with Gasteiger partial charge in [-0.15, -0.1) is 0 Å². The van der Waals surface area contributed by atoms with Gasteiger partial charge in [-0.25, -0.2) is 19.2 Å². The molecule has 0 fully saturated rings. The molecule has 0 aromatic heterocycles. The Morgan fingerprint density at radius 3 is 1.31 bits per heavy atom. The molecule has 0 aliphatic rings. The third kappa shape index (κ3) is 7.35. The number of rotatable bonds is 6. The lowest BCUT2D eigenvalue weighted by Crippen LogP contribution is -2.12. The first-order valence-corrected chi connectivity index (χ1v) is 7.69. The first-order valence-electron chi connectivity index (χ1n) is 7.69. The van der Waals surface area contributed by atoms with Gasteiger partial charge in [0.2, 0.25) is 0 Å². The van der Waals surface area contributed by atoms with Crippen molar-refractivity contribution in [1.29, 1.82) is 0 Å². The maximum Gasteiger partial charge on any atom is 0.346 e. The van der Waals surface area contributed by atoms with E-state index in [1.165, 1.54) is 36.4 Å². The molecule has 0 spiro atoms. The molecule has 0 radical (unpaired) electrons. The van der Waals surface area contributed by atoms with E-state index < -0.39 is 23.9 Å². The second-order valence-electron chi connectivity index (χ2n) is 4.76. The van der Waals surface area contributed by atoms with E-state index in [9.17, 15) is 19.2 Å². The number of hydrogen-bond acceptors (Lipinski definition) is 6. The molecule has 1 rings (SSSR count). The van der Waals surface area contributed by atoms with Crippen LogP contribution >= 0.6 is 0 Å². The Morgan fingerprint density at radius 1 is 0.654 bits per heavy atom. The zero-order valence-electron chi connectivity index (χ0n) is 14.4. The van der Waals surface area contributed by atoms with Gasteiger partial charge in [-0.1, -0.05) is 36.5 Å². The SMILES string of the molecule is C/C=C/C=C/C(=O)OC(=O)c1ccc(C(=O)OC(=O)/C=C/C=C/C)cc1. The summed E-state index contributed by atoms with van der Waals surface area (Å²) in [5, 5.41) is 0. The summed E-state index contributed by atoms with van der Waals surface area (Å²) in [7, 11) is 0. The smallest absolute Gasteiger partial charge is 0.346 e. The summed E-state index contributed by atoms with van der Waals surface area (Å²) in [6.07, 6.45) is 11.7. The van der Waals surface area contributed by atoms with Crippen LogP contribution in [0.25, 0.3) is 0 Å². The molecule has 0 bridgehead atoms. The molecule has 134 valence electrons. The standard InChI is InChI=1S/C20H18O6/c1-3-5-7-9-17(21)25-19(23)15-11-13-16(14-12-15)20(24)26-18(22)10-8-6-4-2/h3-14H,1-2H3/b5-3+,6-4+,9-7+,10-8+. The van der Waals surface area contributed by atoms with Crippen LogP contribution in [0.3, 0.4) is 0 Å². The molecule has 0 aliphatic carbocycles. The predicted molar refractivity (Wildman–Crippen MR) is 95.2 cm³/mol. The van der Waals surface area contributed by atoms with E-state index in [1.807, 2.05) is 0 Å². The van der Waals surface area contributed by atoms with Gasteiger partial charge in [0.25, 0.3) is 0 Å². The first-order chi connectivity index (χ1) is 12.5. The van der Waals surface area contributed by atoms with Crippen molar-refractivity contribution in [2.24, 2.45) is 0 Å². The molecule has 6 heteroatoms. The monoisotopic (exact) mass is 354 g/mol. The van der Waals surface area contributed by atoms with E-state index in [2.05, 4.69) is 9.47 Å². The van der Waals surface area contributed by atoms with Gasteiger partial charge in [-0.3, -0.25) is 0 Å². The molecule has 0 unspecified atom stereocenters. The third-order valence-electron chi connectivity index (χ3n) is 2.81. The van der Waals surface area contributed by atoms with Crippen LogP contribution in [0.5, 0.6) is 0 Å². The van der Waals surface area contributed by atoms with Crippen LogP contribution in [0.1, 0.15) is 34.6 Å². The van der Waals surface area contributed by atoms with Gasteiger partial charge in [-0.2, -0.15) is 0 Å². The number of benzene rings is 1. The number of ether oxygens (including phenoxy) is 2. The molecule has 0 saturated heterocycles. The number of allylic oxidation sites excluding steroid dienone is 6. The van der Waals surface area contributed by atoms with Crippen molar-refractivity contribution in [3.05, 3.63) is 84.0 Å². The maximum atomic E-state index is 11.8. The van der Waals surface area contributed by atoms with Crippen LogP contribution < -0.4 is 0 Å². The van der Waals surface area contributed by atoms with Gasteiger partial charge in [0, 0.05) is 12.2 Å². The Bertz CT molecular complexity index is 712. The number of esters is 4. The Hall–Kier alpha value is -3.54. The fourth-order valence-corrected chi connectivity index (χ4v) is 1.60. The predicted octanol–water partition coefficient (Wildman–Crippen LogP) is 3.32. The Morgan fingerprint density at radius 2 is 1.00 bits per heavy atom. The average molecular weight is 354 g/mol. The molecule has 0 aliphatic heterocycles. The molecule has 1 aromatic rings. The normalized spacial score (nSPS) is 11.5. The van der Waals surface area contributed by atoms with Crippen LogP contribution in [0.4, 0.5) is 0 Å². The summed E-state index contributed by atoms with van der Waals surface area (Å²) in [5.74, 6) is -3.33. The lowest BCUT2D eigenvalue weighted by Gasteiger charge is -2.03. The fraction of sp³-hybridized carbons (Fsp3) is 0.100. The van der Waals surface area contributed by atoms with Crippen LogP contribution in [-0.2, 0) is 19.1 Å². The van der Waals surface area contributed by atoms with Crippen LogP contribution in [0, 0.1) is 0 Å². The molecule has 0 amide bonds. The molecule has 0 atom stereocenters. The minimum absolute atomic E-state index is 0.0774. The maximum absolute atomic E-state index is 11.8. The van der Waals surface area contributed by atoms with E-state index in [4.69, 9.17) is 0 Å². The van der Waals surface area contributed by atoms with Crippen LogP contribution in [0.15, 0.2) is 72.9 Å². The van der Waals surface area contributed by atoms with Gasteiger partial charge >= 0.3 is 23.9 Å².